The van der Waals surface area contributed by atoms with Crippen LogP contribution in [0.1, 0.15) is 45.2 Å². The van der Waals surface area contributed by atoms with Gasteiger partial charge >= 0.3 is 0 Å². The number of hydrogen-bond donors (Lipinski definition) is 0. The van der Waals surface area contributed by atoms with Gasteiger partial charge in [0, 0.05) is 70.0 Å². The first-order chi connectivity index (χ1) is 33.7. The van der Waals surface area contributed by atoms with Crippen molar-refractivity contribution in [2.45, 2.75) is 11.8 Å². The molecule has 6 nitrogen and oxygen atoms in total. The largest absolute Gasteiger partial charge is 0.265 e. The first kappa shape index (κ1) is 39.4. The van der Waals surface area contributed by atoms with Gasteiger partial charge in [-0.3, -0.25) is 9.97 Å². The van der Waals surface area contributed by atoms with Crippen LogP contribution in [-0.2, 0) is 0 Å². The Balaban J connectivity index is 0.922. The Bertz CT molecular complexity index is 3440. The molecule has 2 unspecified atom stereocenters. The molecule has 3 aliphatic carbocycles. The van der Waals surface area contributed by atoms with Gasteiger partial charge in [-0.2, -0.15) is 0 Å². The van der Waals surface area contributed by atoms with Crippen molar-refractivity contribution in [1.82, 2.24) is 29.9 Å². The van der Waals surface area contributed by atoms with Gasteiger partial charge in [0.1, 0.15) is 0 Å². The van der Waals surface area contributed by atoms with E-state index in [1.807, 2.05) is 85.5 Å². The van der Waals surface area contributed by atoms with Gasteiger partial charge in [-0.15, -0.1) is 0 Å². The fourth-order valence-electron chi connectivity index (χ4n) is 10.3. The van der Waals surface area contributed by atoms with Gasteiger partial charge in [0.2, 0.25) is 0 Å². The summed E-state index contributed by atoms with van der Waals surface area (Å²) < 4.78 is 0. The second-order valence-corrected chi connectivity index (χ2v) is 17.5. The maximum Gasteiger partial charge on any atom is 0.160 e. The predicted octanol–water partition coefficient (Wildman–Crippen LogP) is 14.4. The molecule has 0 radical (unpaired) electrons. The van der Waals surface area contributed by atoms with E-state index in [1.165, 1.54) is 33.4 Å². The molecule has 0 spiro atoms. The molecule has 0 saturated heterocycles. The summed E-state index contributed by atoms with van der Waals surface area (Å²) in [4.78, 5) is 29.4. The second-order valence-electron chi connectivity index (χ2n) is 17.5. The summed E-state index contributed by atoms with van der Waals surface area (Å²) in [5, 5.41) is 0. The first-order valence-corrected chi connectivity index (χ1v) is 23.0. The molecule has 11 aromatic rings. The highest BCUT2D eigenvalue weighted by Crippen LogP contribution is 2.56. The summed E-state index contributed by atoms with van der Waals surface area (Å²) >= 11 is 0. The molecule has 0 N–H and O–H groups in total. The average molecular weight is 869 g/mol. The molecular weight excluding hydrogens is 829 g/mol. The van der Waals surface area contributed by atoms with E-state index in [0.29, 0.717) is 11.6 Å². The van der Waals surface area contributed by atoms with Crippen LogP contribution in [0, 0.1) is 0 Å². The summed E-state index contributed by atoms with van der Waals surface area (Å²) in [5.74, 6) is 1.50. The lowest BCUT2D eigenvalue weighted by atomic mass is 9.60. The van der Waals surface area contributed by atoms with Gasteiger partial charge in [-0.25, -0.2) is 19.9 Å². The van der Waals surface area contributed by atoms with Crippen LogP contribution in [-0.4, -0.2) is 29.9 Å². The zero-order valence-corrected chi connectivity index (χ0v) is 36.8. The molecule has 4 heterocycles. The second kappa shape index (κ2) is 16.5. The smallest absolute Gasteiger partial charge is 0.160 e. The highest BCUT2D eigenvalue weighted by atomic mass is 14.9. The van der Waals surface area contributed by atoms with Crippen molar-refractivity contribution in [2.24, 2.45) is 0 Å². The Labute approximate surface area is 394 Å². The van der Waals surface area contributed by atoms with Crippen molar-refractivity contribution in [3.63, 3.8) is 0 Å². The predicted molar refractivity (Wildman–Crippen MR) is 271 cm³/mol. The minimum absolute atomic E-state index is 0.0545. The molecule has 2 atom stereocenters. The van der Waals surface area contributed by atoms with E-state index >= 15 is 0 Å². The third-order valence-electron chi connectivity index (χ3n) is 13.5. The van der Waals surface area contributed by atoms with E-state index in [4.69, 9.17) is 19.9 Å². The van der Waals surface area contributed by atoms with Crippen LogP contribution in [0.4, 0.5) is 0 Å². The van der Waals surface area contributed by atoms with Gasteiger partial charge in [-0.1, -0.05) is 146 Å². The summed E-state index contributed by atoms with van der Waals surface area (Å²) in [6, 6.07) is 73.1. The number of aromatic nitrogens is 6. The lowest BCUT2D eigenvalue weighted by molar-refractivity contribution is 0.755. The quantitative estimate of drug-likeness (QED) is 0.151. The lowest BCUT2D eigenvalue weighted by Crippen LogP contribution is -2.27. The highest BCUT2D eigenvalue weighted by Gasteiger charge is 2.41. The monoisotopic (exact) mass is 868 g/mol. The topological polar surface area (TPSA) is 77.3 Å². The third-order valence-corrected chi connectivity index (χ3v) is 13.5. The van der Waals surface area contributed by atoms with Crippen molar-refractivity contribution in [3.8, 4) is 90.1 Å². The van der Waals surface area contributed by atoms with Crippen LogP contribution in [0.2, 0.25) is 0 Å². The van der Waals surface area contributed by atoms with Gasteiger partial charge in [0.15, 0.2) is 11.6 Å². The molecule has 4 aromatic heterocycles. The van der Waals surface area contributed by atoms with E-state index in [2.05, 4.69) is 156 Å². The normalized spacial score (nSPS) is 14.2. The van der Waals surface area contributed by atoms with Gasteiger partial charge < -0.3 is 0 Å². The fraction of sp³-hybridized carbons (Fsp3) is 0.0323. The maximum atomic E-state index is 5.27. The Morgan fingerprint density at radius 3 is 0.971 bits per heavy atom. The van der Waals surface area contributed by atoms with Gasteiger partial charge in [-0.05, 0) is 116 Å². The molecule has 14 rings (SSSR count). The number of hydrogen-bond acceptors (Lipinski definition) is 6. The molecule has 0 aliphatic heterocycles. The van der Waals surface area contributed by atoms with Crippen molar-refractivity contribution in [2.75, 3.05) is 0 Å². The molecular formula is C62H40N6. The molecule has 3 aliphatic rings. The highest BCUT2D eigenvalue weighted by molar-refractivity contribution is 5.80. The Hall–Kier alpha value is -9.00. The molecule has 0 amide bonds. The first-order valence-electron chi connectivity index (χ1n) is 23.0. The van der Waals surface area contributed by atoms with E-state index in [-0.39, 0.29) is 11.8 Å². The third kappa shape index (κ3) is 6.98. The number of rotatable bonds is 8. The molecule has 318 valence electrons. The zero-order valence-electron chi connectivity index (χ0n) is 36.8. The number of nitrogens with zero attached hydrogens (tertiary/aromatic N) is 6. The fourth-order valence-corrected chi connectivity index (χ4v) is 10.3. The van der Waals surface area contributed by atoms with E-state index in [1.54, 1.807) is 0 Å². The summed E-state index contributed by atoms with van der Waals surface area (Å²) in [6.07, 6.45) is 7.33. The average Bonchev–Trinajstić information content (AvgIpc) is 3.43. The molecule has 7 aromatic carbocycles. The summed E-state index contributed by atoms with van der Waals surface area (Å²) in [7, 11) is 0. The maximum absolute atomic E-state index is 5.27. The van der Waals surface area contributed by atoms with E-state index in [9.17, 15) is 0 Å². The van der Waals surface area contributed by atoms with Crippen LogP contribution in [0.5, 0.6) is 0 Å². The Morgan fingerprint density at radius 1 is 0.221 bits per heavy atom. The van der Waals surface area contributed by atoms with Crippen LogP contribution in [0.3, 0.4) is 0 Å². The van der Waals surface area contributed by atoms with Crippen molar-refractivity contribution in [1.29, 1.82) is 0 Å². The molecule has 68 heavy (non-hydrogen) atoms. The zero-order chi connectivity index (χ0) is 45.0. The number of pyridine rings is 2. The minimum Gasteiger partial charge on any atom is -0.265 e. The Morgan fingerprint density at radius 2 is 0.559 bits per heavy atom. The summed E-state index contributed by atoms with van der Waals surface area (Å²) in [6.45, 7) is 0. The van der Waals surface area contributed by atoms with E-state index in [0.717, 1.165) is 78.4 Å². The van der Waals surface area contributed by atoms with Crippen LogP contribution < -0.4 is 0 Å². The molecule has 6 heteroatoms. The van der Waals surface area contributed by atoms with Gasteiger partial charge in [0.05, 0.1) is 22.8 Å². The minimum atomic E-state index is 0.0545. The van der Waals surface area contributed by atoms with Gasteiger partial charge in [0.25, 0.3) is 0 Å². The van der Waals surface area contributed by atoms with Crippen molar-refractivity contribution in [3.05, 3.63) is 264 Å². The SMILES string of the molecule is c1ccc(-c2nc(-c3cccc(-c4ccncc4)c3)cc(-c3ccc4c(c3)C3c5ccccc5C4c4cc(-c5cc(-c6cccc(-c7ccncc7)c6)nc(-c6ccccc6)n5)ccc43)n2)cc1. The van der Waals surface area contributed by atoms with E-state index < -0.39 is 0 Å². The van der Waals surface area contributed by atoms with Crippen molar-refractivity contribution < 1.29 is 0 Å². The molecule has 0 fully saturated rings. The van der Waals surface area contributed by atoms with Crippen LogP contribution in [0.25, 0.3) is 90.1 Å². The lowest BCUT2D eigenvalue weighted by Gasteiger charge is -2.42. The number of benzene rings is 7. The molecule has 2 bridgehead atoms. The standard InChI is InChI=1S/C62H40N6/c1-3-11-41(12-4-1)61-65-55(45-17-9-15-43(33-45)39-25-29-63-30-26-39)37-57(67-61)47-21-23-51-53(35-47)59-49-19-7-8-20-50(49)60(51)54-36-48(22-24-52(54)59)58-38-56(66-62(68-58)42-13-5-2-6-14-42)46-18-10-16-44(34-46)40-27-31-64-32-28-40/h1-38,59-60H. The van der Waals surface area contributed by atoms with Crippen molar-refractivity contribution >= 4 is 0 Å². The van der Waals surface area contributed by atoms with Crippen LogP contribution in [0.15, 0.2) is 231 Å². The Kier molecular flexibility index (Phi) is 9.53. The molecule has 0 saturated carbocycles. The summed E-state index contributed by atoms with van der Waals surface area (Å²) in [5.41, 5.74) is 22.1. The van der Waals surface area contributed by atoms with Crippen LogP contribution >= 0.6 is 0 Å².